The van der Waals surface area contributed by atoms with Crippen LogP contribution in [-0.4, -0.2) is 18.2 Å². The number of halogens is 2. The number of ether oxygens (including phenoxy) is 1. The second-order valence-corrected chi connectivity index (χ2v) is 7.57. The first-order valence-electron chi connectivity index (χ1n) is 8.17. The summed E-state index contributed by atoms with van der Waals surface area (Å²) in [5.41, 5.74) is 1.83. The van der Waals surface area contributed by atoms with Gasteiger partial charge >= 0.3 is 0 Å². The molecule has 0 radical (unpaired) electrons. The molecule has 1 aliphatic carbocycles. The largest absolute Gasteiger partial charge is 0.489 e. The van der Waals surface area contributed by atoms with Gasteiger partial charge in [0.2, 0.25) is 0 Å². The Morgan fingerprint density at radius 1 is 1.21 bits per heavy atom. The summed E-state index contributed by atoms with van der Waals surface area (Å²) >= 11 is 9.37. The third kappa shape index (κ3) is 5.21. The number of hydrogen-bond acceptors (Lipinski definition) is 3. The third-order valence-electron chi connectivity index (χ3n) is 4.11. The molecule has 128 valence electrons. The molecule has 5 heteroatoms. The van der Waals surface area contributed by atoms with Crippen molar-refractivity contribution >= 4 is 27.5 Å². The van der Waals surface area contributed by atoms with Gasteiger partial charge in [-0.1, -0.05) is 39.7 Å². The van der Waals surface area contributed by atoms with E-state index in [1.165, 1.54) is 12.8 Å². The van der Waals surface area contributed by atoms with Crippen molar-refractivity contribution < 1.29 is 9.84 Å². The first kappa shape index (κ1) is 17.7. The highest BCUT2D eigenvalue weighted by atomic mass is 79.9. The Morgan fingerprint density at radius 2 is 1.96 bits per heavy atom. The van der Waals surface area contributed by atoms with E-state index in [1.54, 1.807) is 0 Å². The van der Waals surface area contributed by atoms with E-state index in [9.17, 15) is 5.11 Å². The highest BCUT2D eigenvalue weighted by Crippen LogP contribution is 2.30. The van der Waals surface area contributed by atoms with Crippen molar-refractivity contribution in [2.45, 2.75) is 25.6 Å². The van der Waals surface area contributed by atoms with Gasteiger partial charge in [-0.25, -0.2) is 0 Å². The molecular formula is C19H21BrClNO2. The van der Waals surface area contributed by atoms with Crippen LogP contribution >= 0.6 is 27.5 Å². The molecule has 0 aromatic heterocycles. The lowest BCUT2D eigenvalue weighted by Gasteiger charge is -2.17. The fourth-order valence-electron chi connectivity index (χ4n) is 2.51. The molecule has 0 bridgehead atoms. The molecule has 2 aromatic carbocycles. The Bertz CT molecular complexity index is 674. The van der Waals surface area contributed by atoms with Crippen molar-refractivity contribution in [3.8, 4) is 5.75 Å². The minimum absolute atomic E-state index is 0.439. The lowest BCUT2D eigenvalue weighted by molar-refractivity contribution is 0.167. The summed E-state index contributed by atoms with van der Waals surface area (Å²) in [5.74, 6) is 1.49. The Hall–Kier alpha value is -1.07. The van der Waals surface area contributed by atoms with Gasteiger partial charge in [0.15, 0.2) is 0 Å². The van der Waals surface area contributed by atoms with Crippen LogP contribution in [0.2, 0.25) is 5.02 Å². The minimum Gasteiger partial charge on any atom is -0.489 e. The minimum atomic E-state index is -0.596. The van der Waals surface area contributed by atoms with Crippen LogP contribution < -0.4 is 10.1 Å². The van der Waals surface area contributed by atoms with Crippen LogP contribution in [0.15, 0.2) is 46.9 Å². The molecule has 1 atom stereocenters. The van der Waals surface area contributed by atoms with Crippen LogP contribution in [0.3, 0.4) is 0 Å². The maximum Gasteiger partial charge on any atom is 0.125 e. The van der Waals surface area contributed by atoms with Gasteiger partial charge in [0, 0.05) is 21.6 Å². The smallest absolute Gasteiger partial charge is 0.125 e. The fourth-order valence-corrected chi connectivity index (χ4v) is 3.01. The quantitative estimate of drug-likeness (QED) is 0.662. The van der Waals surface area contributed by atoms with Crippen LogP contribution in [0.5, 0.6) is 5.75 Å². The molecule has 1 fully saturated rings. The van der Waals surface area contributed by atoms with Gasteiger partial charge in [0.05, 0.1) is 6.10 Å². The summed E-state index contributed by atoms with van der Waals surface area (Å²) < 4.78 is 6.86. The average molecular weight is 411 g/mol. The number of rotatable bonds is 8. The molecule has 0 spiro atoms. The van der Waals surface area contributed by atoms with Gasteiger partial charge < -0.3 is 15.2 Å². The molecule has 2 N–H and O–H groups in total. The lowest BCUT2D eigenvalue weighted by atomic mass is 10.1. The molecule has 0 amide bonds. The van der Waals surface area contributed by atoms with Crippen molar-refractivity contribution in [3.05, 3.63) is 63.1 Å². The topological polar surface area (TPSA) is 41.5 Å². The second-order valence-electron chi connectivity index (χ2n) is 6.21. The van der Waals surface area contributed by atoms with Crippen LogP contribution in [0.1, 0.15) is 30.1 Å². The number of nitrogens with one attached hydrogen (secondary N) is 1. The van der Waals surface area contributed by atoms with Crippen LogP contribution in [-0.2, 0) is 6.61 Å². The van der Waals surface area contributed by atoms with E-state index in [0.29, 0.717) is 23.9 Å². The number of aliphatic hydroxyl groups is 1. The summed E-state index contributed by atoms with van der Waals surface area (Å²) in [6, 6.07) is 13.3. The molecule has 2 aromatic rings. The maximum absolute atomic E-state index is 10.5. The molecule has 0 aliphatic heterocycles. The summed E-state index contributed by atoms with van der Waals surface area (Å²) in [5, 5.41) is 14.6. The number of hydrogen-bond donors (Lipinski definition) is 2. The molecule has 0 saturated heterocycles. The fraction of sp³-hybridized carbons (Fsp3) is 0.368. The van der Waals surface area contributed by atoms with Gasteiger partial charge in [-0.2, -0.15) is 0 Å². The Kier molecular flexibility index (Phi) is 6.17. The van der Waals surface area contributed by atoms with Crippen molar-refractivity contribution in [1.82, 2.24) is 5.32 Å². The van der Waals surface area contributed by atoms with Gasteiger partial charge in [0.1, 0.15) is 12.4 Å². The van der Waals surface area contributed by atoms with E-state index in [-0.39, 0.29) is 0 Å². The highest BCUT2D eigenvalue weighted by molar-refractivity contribution is 9.10. The number of aliphatic hydroxyl groups excluding tert-OH is 1. The first-order valence-corrected chi connectivity index (χ1v) is 9.34. The predicted octanol–water partition coefficient (Wildman–Crippen LogP) is 4.71. The van der Waals surface area contributed by atoms with E-state index in [0.717, 1.165) is 28.1 Å². The van der Waals surface area contributed by atoms with Gasteiger partial charge in [0.25, 0.3) is 0 Å². The summed E-state index contributed by atoms with van der Waals surface area (Å²) in [6.45, 7) is 1.95. The second kappa shape index (κ2) is 8.34. The molecular weight excluding hydrogens is 390 g/mol. The summed E-state index contributed by atoms with van der Waals surface area (Å²) in [4.78, 5) is 0. The van der Waals surface area contributed by atoms with Crippen molar-refractivity contribution in [2.24, 2.45) is 5.92 Å². The zero-order valence-corrected chi connectivity index (χ0v) is 15.7. The molecule has 3 rings (SSSR count). The third-order valence-corrected chi connectivity index (χ3v) is 4.85. The predicted molar refractivity (Wildman–Crippen MR) is 100 cm³/mol. The van der Waals surface area contributed by atoms with Crippen LogP contribution in [0, 0.1) is 5.92 Å². The monoisotopic (exact) mass is 409 g/mol. The van der Waals surface area contributed by atoms with E-state index < -0.39 is 6.10 Å². The zero-order chi connectivity index (χ0) is 16.9. The number of benzene rings is 2. The van der Waals surface area contributed by atoms with Crippen molar-refractivity contribution in [3.63, 3.8) is 0 Å². The molecule has 0 heterocycles. The van der Waals surface area contributed by atoms with Gasteiger partial charge in [-0.05, 0) is 61.2 Å². The average Bonchev–Trinajstić information content (AvgIpc) is 3.39. The molecule has 1 unspecified atom stereocenters. The molecule has 1 aliphatic rings. The lowest BCUT2D eigenvalue weighted by Crippen LogP contribution is -2.23. The molecule has 24 heavy (non-hydrogen) atoms. The summed E-state index contributed by atoms with van der Waals surface area (Å²) in [6.07, 6.45) is 2.01. The van der Waals surface area contributed by atoms with E-state index in [1.807, 2.05) is 42.5 Å². The Labute approximate surface area is 156 Å². The molecule has 1 saturated carbocycles. The van der Waals surface area contributed by atoms with Crippen LogP contribution in [0.4, 0.5) is 0 Å². The highest BCUT2D eigenvalue weighted by Gasteiger charge is 2.21. The van der Waals surface area contributed by atoms with E-state index in [2.05, 4.69) is 21.2 Å². The van der Waals surface area contributed by atoms with E-state index >= 15 is 0 Å². The van der Waals surface area contributed by atoms with Crippen molar-refractivity contribution in [1.29, 1.82) is 0 Å². The SMILES string of the molecule is OC(CNCC1CC1)c1cc(Br)ccc1OCc1ccc(Cl)cc1. The Morgan fingerprint density at radius 3 is 2.67 bits per heavy atom. The summed E-state index contributed by atoms with van der Waals surface area (Å²) in [7, 11) is 0. The van der Waals surface area contributed by atoms with Gasteiger partial charge in [-0.3, -0.25) is 0 Å². The standard InChI is InChI=1S/C19H21BrClNO2/c20-15-5-8-19(24-12-14-3-6-16(21)7-4-14)17(9-15)18(23)11-22-10-13-1-2-13/h3-9,13,18,22-23H,1-2,10-12H2. The normalized spacial score (nSPS) is 15.3. The van der Waals surface area contributed by atoms with Crippen LogP contribution in [0.25, 0.3) is 0 Å². The Balaban J connectivity index is 1.63. The zero-order valence-electron chi connectivity index (χ0n) is 13.3. The van der Waals surface area contributed by atoms with Gasteiger partial charge in [-0.15, -0.1) is 0 Å². The van der Waals surface area contributed by atoms with Crippen molar-refractivity contribution in [2.75, 3.05) is 13.1 Å². The van der Waals surface area contributed by atoms with E-state index in [4.69, 9.17) is 16.3 Å². The maximum atomic E-state index is 10.5. The first-order chi connectivity index (χ1) is 11.6. The molecule has 3 nitrogen and oxygen atoms in total.